The minimum absolute atomic E-state index is 0. The van der Waals surface area contributed by atoms with Crippen molar-refractivity contribution in [2.24, 2.45) is 0 Å². The van der Waals surface area contributed by atoms with Gasteiger partial charge in [-0.1, -0.05) is 35.6 Å². The van der Waals surface area contributed by atoms with E-state index in [-0.39, 0.29) is 72.1 Å². The molecule has 0 aliphatic carbocycles. The first kappa shape index (κ1) is 28.8. The Morgan fingerprint density at radius 2 is 1.72 bits per heavy atom. The summed E-state index contributed by atoms with van der Waals surface area (Å²) in [6, 6.07) is 14.7. The number of nitrogens with zero attached hydrogens (tertiary/aromatic N) is 2. The number of aryl methyl sites for hydroxylation is 1. The summed E-state index contributed by atoms with van der Waals surface area (Å²) < 4.78 is 3.49. The average molecular weight is 469 g/mol. The molecule has 2 aromatic carbocycles. The molecular formula is C23H23N2Na2O4S+. The molecule has 1 aromatic heterocycles. The zero-order valence-electron chi connectivity index (χ0n) is 18.9. The molecule has 0 spiro atoms. The van der Waals surface area contributed by atoms with Gasteiger partial charge < -0.3 is 24.7 Å². The van der Waals surface area contributed by atoms with Gasteiger partial charge in [-0.05, 0) is 43.7 Å². The summed E-state index contributed by atoms with van der Waals surface area (Å²) in [6.07, 6.45) is 3.82. The molecule has 6 nitrogen and oxygen atoms in total. The molecule has 0 fully saturated rings. The van der Waals surface area contributed by atoms with E-state index in [1.165, 1.54) is 22.0 Å². The number of carboxylic acid groups (broad SMARTS) is 2. The number of hydrogen-bond donors (Lipinski definition) is 0. The van der Waals surface area contributed by atoms with E-state index in [4.69, 9.17) is 0 Å². The third-order valence-corrected chi connectivity index (χ3v) is 6.09. The second-order valence-electron chi connectivity index (χ2n) is 6.89. The van der Waals surface area contributed by atoms with E-state index >= 15 is 0 Å². The standard InChI is InChI=1S/C23H24N2O4S.2Na/c1-3-24-19-6-4-5-7-20(19)30-21(24)13-10-17-8-11-18(12-9-17)25(15-14-22(26)27)16(2)23(28)29;;/h4-13,16H,3,14-15H2,1-2H3,(H-,26,27,28,29);;/q;2*+1/p-1. The Labute approximate surface area is 236 Å². The minimum atomic E-state index is -1.26. The second kappa shape index (κ2) is 13.5. The van der Waals surface area contributed by atoms with Gasteiger partial charge in [0.25, 0.3) is 5.01 Å². The SMILES string of the molecule is CC[n+]1c(C=Cc2ccc(N(CCC(=O)[O-])C(C)C(=O)[O-])cc2)sc2ccccc21.[Na+].[Na+]. The van der Waals surface area contributed by atoms with Gasteiger partial charge >= 0.3 is 59.1 Å². The van der Waals surface area contributed by atoms with Crippen LogP contribution in [0.2, 0.25) is 0 Å². The van der Waals surface area contributed by atoms with Crippen LogP contribution in [0.15, 0.2) is 48.5 Å². The number of fused-ring (bicyclic) bond motifs is 1. The maximum Gasteiger partial charge on any atom is 1.00 e. The Balaban J connectivity index is 0.00000256. The summed E-state index contributed by atoms with van der Waals surface area (Å²) in [5, 5.41) is 23.2. The molecule has 32 heavy (non-hydrogen) atoms. The molecule has 0 radical (unpaired) electrons. The van der Waals surface area contributed by atoms with E-state index in [2.05, 4.69) is 29.7 Å². The van der Waals surface area contributed by atoms with Crippen LogP contribution in [-0.4, -0.2) is 24.5 Å². The number of aliphatic carboxylic acids is 2. The molecule has 1 unspecified atom stereocenters. The van der Waals surface area contributed by atoms with Crippen molar-refractivity contribution in [3.63, 3.8) is 0 Å². The topological polar surface area (TPSA) is 87.4 Å². The molecule has 0 aliphatic rings. The molecular weight excluding hydrogens is 446 g/mol. The molecule has 0 N–H and O–H groups in total. The van der Waals surface area contributed by atoms with Crippen molar-refractivity contribution in [1.82, 2.24) is 0 Å². The summed E-state index contributed by atoms with van der Waals surface area (Å²) in [4.78, 5) is 23.6. The van der Waals surface area contributed by atoms with Gasteiger partial charge in [0.15, 0.2) is 0 Å². The Kier molecular flexibility index (Phi) is 12.2. The van der Waals surface area contributed by atoms with E-state index in [9.17, 15) is 19.8 Å². The monoisotopic (exact) mass is 469 g/mol. The van der Waals surface area contributed by atoms with Crippen LogP contribution in [0.3, 0.4) is 0 Å². The number of carboxylic acids is 2. The third kappa shape index (κ3) is 7.15. The van der Waals surface area contributed by atoms with Gasteiger partial charge in [-0.3, -0.25) is 0 Å². The van der Waals surface area contributed by atoms with E-state index in [0.29, 0.717) is 5.69 Å². The van der Waals surface area contributed by atoms with Crippen LogP contribution in [-0.2, 0) is 16.1 Å². The number of carbonyl (C=O) groups excluding carboxylic acids is 2. The fourth-order valence-electron chi connectivity index (χ4n) is 3.33. The molecule has 0 bridgehead atoms. The second-order valence-corrected chi connectivity index (χ2v) is 7.95. The summed E-state index contributed by atoms with van der Waals surface area (Å²) >= 11 is 1.73. The summed E-state index contributed by atoms with van der Waals surface area (Å²) in [5.74, 6) is -2.48. The van der Waals surface area contributed by atoms with Crippen LogP contribution in [0.5, 0.6) is 0 Å². The van der Waals surface area contributed by atoms with Gasteiger partial charge in [0.05, 0.1) is 12.0 Å². The van der Waals surface area contributed by atoms with Crippen LogP contribution in [0.1, 0.15) is 30.8 Å². The number of rotatable bonds is 9. The first-order chi connectivity index (χ1) is 14.4. The Morgan fingerprint density at radius 1 is 1.06 bits per heavy atom. The van der Waals surface area contributed by atoms with Gasteiger partial charge in [-0.25, -0.2) is 0 Å². The number of benzene rings is 2. The van der Waals surface area contributed by atoms with Crippen molar-refractivity contribution in [2.45, 2.75) is 32.9 Å². The van der Waals surface area contributed by atoms with Crippen LogP contribution in [0.4, 0.5) is 5.69 Å². The van der Waals surface area contributed by atoms with Gasteiger partial charge in [-0.2, -0.15) is 4.57 Å². The van der Waals surface area contributed by atoms with E-state index in [0.717, 1.165) is 17.1 Å². The van der Waals surface area contributed by atoms with Crippen molar-refractivity contribution in [3.8, 4) is 0 Å². The van der Waals surface area contributed by atoms with Crippen LogP contribution >= 0.6 is 11.3 Å². The van der Waals surface area contributed by atoms with Crippen molar-refractivity contribution < 1.29 is 83.5 Å². The molecule has 0 amide bonds. The quantitative estimate of drug-likeness (QED) is 0.233. The molecule has 3 aromatic rings. The Bertz CT molecular complexity index is 1080. The van der Waals surface area contributed by atoms with Gasteiger partial charge in [-0.15, -0.1) is 0 Å². The molecule has 156 valence electrons. The van der Waals surface area contributed by atoms with Crippen molar-refractivity contribution >= 4 is 51.3 Å². The molecule has 3 rings (SSSR count). The fraction of sp³-hybridized carbons (Fsp3) is 0.261. The summed E-state index contributed by atoms with van der Waals surface area (Å²) in [6.45, 7) is 4.50. The third-order valence-electron chi connectivity index (χ3n) is 4.96. The molecule has 0 saturated carbocycles. The number of anilines is 1. The normalized spacial score (nSPS) is 11.6. The van der Waals surface area contributed by atoms with Crippen molar-refractivity contribution in [3.05, 3.63) is 59.1 Å². The van der Waals surface area contributed by atoms with E-state index in [1.807, 2.05) is 30.3 Å². The zero-order valence-corrected chi connectivity index (χ0v) is 23.7. The maximum atomic E-state index is 11.3. The predicted octanol–water partition coefficient (Wildman–Crippen LogP) is -4.53. The number of thiazole rings is 1. The van der Waals surface area contributed by atoms with Gasteiger partial charge in [0, 0.05) is 36.8 Å². The first-order valence-electron chi connectivity index (χ1n) is 9.77. The van der Waals surface area contributed by atoms with Gasteiger partial charge in [0.2, 0.25) is 5.52 Å². The fourth-order valence-corrected chi connectivity index (χ4v) is 4.46. The molecule has 1 heterocycles. The van der Waals surface area contributed by atoms with Crippen molar-refractivity contribution in [1.29, 1.82) is 0 Å². The van der Waals surface area contributed by atoms with Crippen LogP contribution in [0, 0.1) is 0 Å². The molecule has 9 heteroatoms. The number of para-hydroxylation sites is 1. The Morgan fingerprint density at radius 3 is 2.31 bits per heavy atom. The number of hydrogen-bond acceptors (Lipinski definition) is 6. The summed E-state index contributed by atoms with van der Waals surface area (Å²) in [7, 11) is 0. The zero-order chi connectivity index (χ0) is 21.7. The maximum absolute atomic E-state index is 11.3. The molecule has 1 atom stereocenters. The predicted molar refractivity (Wildman–Crippen MR) is 115 cm³/mol. The Hall–Kier alpha value is -1.19. The van der Waals surface area contributed by atoms with Crippen molar-refractivity contribution in [2.75, 3.05) is 11.4 Å². The summed E-state index contributed by atoms with van der Waals surface area (Å²) in [5.41, 5.74) is 2.79. The van der Waals surface area contributed by atoms with E-state index < -0.39 is 18.0 Å². The average Bonchev–Trinajstić information content (AvgIpc) is 3.10. The number of aromatic nitrogens is 1. The van der Waals surface area contributed by atoms with E-state index in [1.54, 1.807) is 23.5 Å². The first-order valence-corrected chi connectivity index (χ1v) is 10.6. The minimum Gasteiger partial charge on any atom is -0.550 e. The molecule has 0 saturated heterocycles. The van der Waals surface area contributed by atoms with Gasteiger partial charge in [0.1, 0.15) is 11.2 Å². The smallest absolute Gasteiger partial charge is 0.550 e. The molecule has 0 aliphatic heterocycles. The van der Waals surface area contributed by atoms with Crippen LogP contribution in [0.25, 0.3) is 22.4 Å². The number of carbonyl (C=O) groups is 2. The largest absolute Gasteiger partial charge is 1.00 e. The van der Waals surface area contributed by atoms with Crippen LogP contribution < -0.4 is 78.8 Å².